The summed E-state index contributed by atoms with van der Waals surface area (Å²) in [6.07, 6.45) is -0.785. The van der Waals surface area contributed by atoms with Gasteiger partial charge in [-0.25, -0.2) is 4.79 Å². The van der Waals surface area contributed by atoms with Gasteiger partial charge in [-0.3, -0.25) is 0 Å². The van der Waals surface area contributed by atoms with Gasteiger partial charge in [-0.1, -0.05) is 36.4 Å². The smallest absolute Gasteiger partial charge is 0.338 e. The molecule has 2 aliphatic heterocycles. The monoisotopic (exact) mass is 445 g/mol. The number of carbonyl (C=O) groups excluding carboxylic acids is 1. The van der Waals surface area contributed by atoms with E-state index in [-0.39, 0.29) is 12.1 Å². The molecule has 0 spiro atoms. The van der Waals surface area contributed by atoms with Crippen LogP contribution in [0, 0.1) is 0 Å². The van der Waals surface area contributed by atoms with Crippen molar-refractivity contribution in [2.75, 3.05) is 18.1 Å². The maximum absolute atomic E-state index is 12.2. The molecule has 2 unspecified atom stereocenters. The average Bonchev–Trinajstić information content (AvgIpc) is 3.59. The fourth-order valence-electron chi connectivity index (χ4n) is 3.94. The van der Waals surface area contributed by atoms with E-state index in [0.717, 1.165) is 34.2 Å². The number of hydrogen-bond donors (Lipinski definition) is 0. The van der Waals surface area contributed by atoms with Crippen LogP contribution >= 0.6 is 0 Å². The molecule has 6 heteroatoms. The highest BCUT2D eigenvalue weighted by atomic mass is 16.6. The molecule has 2 atom stereocenters. The first-order chi connectivity index (χ1) is 15.9. The van der Waals surface area contributed by atoms with E-state index in [2.05, 4.69) is 17.0 Å². The zero-order valence-electron chi connectivity index (χ0n) is 19.0. The predicted molar refractivity (Wildman–Crippen MR) is 125 cm³/mol. The van der Waals surface area contributed by atoms with Crippen molar-refractivity contribution in [1.82, 2.24) is 0 Å². The lowest BCUT2D eigenvalue weighted by Gasteiger charge is -2.32. The third kappa shape index (κ3) is 4.66. The zero-order chi connectivity index (χ0) is 23.0. The molecule has 2 aliphatic rings. The predicted octanol–water partition coefficient (Wildman–Crippen LogP) is 5.79. The van der Waals surface area contributed by atoms with Crippen LogP contribution in [0.5, 0.6) is 17.2 Å². The molecule has 2 heterocycles. The van der Waals surface area contributed by atoms with Gasteiger partial charge in [0.1, 0.15) is 24.1 Å². The Balaban J connectivity index is 1.20. The molecule has 1 fully saturated rings. The summed E-state index contributed by atoms with van der Waals surface area (Å²) >= 11 is 0. The van der Waals surface area contributed by atoms with Crippen molar-refractivity contribution in [1.29, 1.82) is 0 Å². The van der Waals surface area contributed by atoms with Crippen LogP contribution in [-0.2, 0) is 14.3 Å². The van der Waals surface area contributed by atoms with Crippen LogP contribution in [0.25, 0.3) is 0 Å². The van der Waals surface area contributed by atoms with Gasteiger partial charge in [0.05, 0.1) is 17.9 Å². The zero-order valence-corrected chi connectivity index (χ0v) is 19.0. The molecule has 170 valence electrons. The topological polar surface area (TPSA) is 60.5 Å². The molecule has 6 nitrogen and oxygen atoms in total. The van der Waals surface area contributed by atoms with Gasteiger partial charge in [0.25, 0.3) is 0 Å². The van der Waals surface area contributed by atoms with Crippen molar-refractivity contribution in [2.45, 2.75) is 38.6 Å². The van der Waals surface area contributed by atoms with Gasteiger partial charge in [0.15, 0.2) is 17.6 Å². The Bertz CT molecular complexity index is 1110. The molecule has 1 saturated heterocycles. The highest BCUT2D eigenvalue weighted by Crippen LogP contribution is 2.46. The third-order valence-electron chi connectivity index (χ3n) is 5.45. The Labute approximate surface area is 193 Å². The van der Waals surface area contributed by atoms with Crippen molar-refractivity contribution >= 4 is 17.3 Å². The van der Waals surface area contributed by atoms with E-state index >= 15 is 0 Å². The maximum Gasteiger partial charge on any atom is 0.338 e. The molecule has 0 saturated carbocycles. The molecular weight excluding hydrogens is 418 g/mol. The number of para-hydroxylation sites is 4. The minimum atomic E-state index is -0.530. The molecule has 0 amide bonds. The second kappa shape index (κ2) is 8.45. The number of esters is 1. The number of ether oxygens (including phenoxy) is 4. The fraction of sp³-hybridized carbons (Fsp3) is 0.296. The number of epoxide rings is 1. The largest absolute Gasteiger partial charge is 0.492 e. The van der Waals surface area contributed by atoms with E-state index < -0.39 is 11.7 Å². The molecule has 5 rings (SSSR count). The van der Waals surface area contributed by atoms with Crippen molar-refractivity contribution in [3.8, 4) is 17.2 Å². The molecule has 33 heavy (non-hydrogen) atoms. The van der Waals surface area contributed by atoms with Crippen LogP contribution in [0.4, 0.5) is 11.4 Å². The van der Waals surface area contributed by atoms with Crippen LogP contribution in [0.3, 0.4) is 0 Å². The number of anilines is 2. The highest BCUT2D eigenvalue weighted by molar-refractivity contribution is 5.79. The van der Waals surface area contributed by atoms with Gasteiger partial charge in [0.2, 0.25) is 0 Å². The first kappa shape index (κ1) is 21.3. The van der Waals surface area contributed by atoms with E-state index in [0.29, 0.717) is 13.2 Å². The average molecular weight is 446 g/mol. The van der Waals surface area contributed by atoms with Crippen LogP contribution in [-0.4, -0.2) is 30.8 Å². The third-order valence-corrected chi connectivity index (χ3v) is 5.45. The quantitative estimate of drug-likeness (QED) is 0.353. The van der Waals surface area contributed by atoms with Crippen LogP contribution in [0.15, 0.2) is 72.8 Å². The Morgan fingerprint density at radius 1 is 0.909 bits per heavy atom. The van der Waals surface area contributed by atoms with E-state index in [1.54, 1.807) is 0 Å². The molecule has 0 aromatic heterocycles. The summed E-state index contributed by atoms with van der Waals surface area (Å²) in [6, 6.07) is 23.7. The maximum atomic E-state index is 12.2. The van der Waals surface area contributed by atoms with E-state index in [4.69, 9.17) is 18.9 Å². The summed E-state index contributed by atoms with van der Waals surface area (Å²) in [6.45, 7) is 6.72. The summed E-state index contributed by atoms with van der Waals surface area (Å²) in [7, 11) is 0. The summed E-state index contributed by atoms with van der Waals surface area (Å²) in [5.41, 5.74) is 2.46. The van der Waals surface area contributed by atoms with Crippen molar-refractivity contribution in [2.24, 2.45) is 0 Å². The lowest BCUT2D eigenvalue weighted by Crippen LogP contribution is -2.26. The summed E-state index contributed by atoms with van der Waals surface area (Å²) in [5, 5.41) is 0. The molecule has 0 radical (unpaired) electrons. The first-order valence-electron chi connectivity index (χ1n) is 11.1. The number of benzene rings is 3. The van der Waals surface area contributed by atoms with Crippen molar-refractivity contribution < 1.29 is 23.7 Å². The van der Waals surface area contributed by atoms with Gasteiger partial charge in [-0.05, 0) is 62.7 Å². The summed E-state index contributed by atoms with van der Waals surface area (Å²) in [5.74, 6) is 2.12. The molecule has 0 N–H and O–H groups in total. The van der Waals surface area contributed by atoms with Gasteiger partial charge in [-0.2, -0.15) is 0 Å². The minimum absolute atomic E-state index is 0.254. The standard InChI is InChI=1S/C27H27NO5/c1-27(2,3)33-26(29)25-24(32-25)18-12-14-19(15-13-18)30-17-16-28-20-8-4-6-10-22(20)31-23-11-7-5-9-21(23)28/h4-15,24-25H,16-17H2,1-3H3. The van der Waals surface area contributed by atoms with E-state index in [1.165, 1.54) is 0 Å². The lowest BCUT2D eigenvalue weighted by atomic mass is 10.1. The van der Waals surface area contributed by atoms with Crippen molar-refractivity contribution in [3.63, 3.8) is 0 Å². The number of nitrogens with zero attached hydrogens (tertiary/aromatic N) is 1. The minimum Gasteiger partial charge on any atom is -0.492 e. The van der Waals surface area contributed by atoms with Gasteiger partial charge in [-0.15, -0.1) is 0 Å². The van der Waals surface area contributed by atoms with Gasteiger partial charge < -0.3 is 23.8 Å². The number of rotatable bonds is 6. The van der Waals surface area contributed by atoms with Crippen LogP contribution in [0.2, 0.25) is 0 Å². The van der Waals surface area contributed by atoms with Gasteiger partial charge >= 0.3 is 5.97 Å². The Kier molecular flexibility index (Phi) is 5.46. The van der Waals surface area contributed by atoms with Crippen molar-refractivity contribution in [3.05, 3.63) is 78.4 Å². The van der Waals surface area contributed by atoms with Crippen LogP contribution in [0.1, 0.15) is 32.4 Å². The number of carbonyl (C=O) groups is 1. The van der Waals surface area contributed by atoms with E-state index in [9.17, 15) is 4.79 Å². The van der Waals surface area contributed by atoms with Gasteiger partial charge in [0, 0.05) is 0 Å². The number of hydrogen-bond acceptors (Lipinski definition) is 6. The summed E-state index contributed by atoms with van der Waals surface area (Å²) in [4.78, 5) is 14.4. The number of fused-ring (bicyclic) bond motifs is 2. The molecule has 3 aromatic carbocycles. The Morgan fingerprint density at radius 2 is 1.52 bits per heavy atom. The second-order valence-corrected chi connectivity index (χ2v) is 9.12. The van der Waals surface area contributed by atoms with E-state index in [1.807, 2.05) is 81.4 Å². The fourth-order valence-corrected chi connectivity index (χ4v) is 3.94. The Morgan fingerprint density at radius 3 is 2.12 bits per heavy atom. The molecule has 3 aromatic rings. The molecule has 0 bridgehead atoms. The first-order valence-corrected chi connectivity index (χ1v) is 11.1. The lowest BCUT2D eigenvalue weighted by molar-refractivity contribution is -0.156. The molecular formula is C27H27NO5. The summed E-state index contributed by atoms with van der Waals surface area (Å²) < 4.78 is 23.0. The molecule has 0 aliphatic carbocycles. The Hall–Kier alpha value is -3.51. The normalized spacial score (nSPS) is 18.6. The highest BCUT2D eigenvalue weighted by Gasteiger charge is 2.48. The van der Waals surface area contributed by atoms with Crippen LogP contribution < -0.4 is 14.4 Å². The SMILES string of the molecule is CC(C)(C)OC(=O)C1OC1c1ccc(OCCN2c3ccccc3Oc3ccccc32)cc1. The second-order valence-electron chi connectivity index (χ2n) is 9.12.